The number of rotatable bonds is 0. The second-order valence-electron chi connectivity index (χ2n) is 1.99. The molecular weight excluding hydrogens is 239 g/mol. The van der Waals surface area contributed by atoms with E-state index in [9.17, 15) is 0 Å². The third kappa shape index (κ3) is 2.49. The molecule has 1 heterocycles. The van der Waals surface area contributed by atoms with Crippen LogP contribution >= 0.6 is 27.5 Å². The SMILES string of the molecule is NCC#Cc1cc(Cl)ncc1Br. The highest BCUT2D eigenvalue weighted by Crippen LogP contribution is 2.17. The molecule has 12 heavy (non-hydrogen) atoms. The minimum Gasteiger partial charge on any atom is -0.320 e. The molecule has 1 aromatic rings. The molecule has 0 fully saturated rings. The summed E-state index contributed by atoms with van der Waals surface area (Å²) in [6, 6.07) is 1.69. The van der Waals surface area contributed by atoms with Crippen LogP contribution in [0.2, 0.25) is 5.15 Å². The first-order chi connectivity index (χ1) is 5.74. The molecule has 1 rings (SSSR count). The maximum Gasteiger partial charge on any atom is 0.130 e. The number of nitrogens with two attached hydrogens (primary N) is 1. The van der Waals surface area contributed by atoms with Crippen molar-refractivity contribution >= 4 is 27.5 Å². The smallest absolute Gasteiger partial charge is 0.130 e. The van der Waals surface area contributed by atoms with Gasteiger partial charge in [0.25, 0.3) is 0 Å². The minimum absolute atomic E-state index is 0.340. The third-order valence-corrected chi connectivity index (χ3v) is 1.99. The van der Waals surface area contributed by atoms with Crippen molar-refractivity contribution in [3.63, 3.8) is 0 Å². The molecule has 0 aromatic carbocycles. The van der Waals surface area contributed by atoms with Crippen molar-refractivity contribution in [1.29, 1.82) is 0 Å². The van der Waals surface area contributed by atoms with E-state index < -0.39 is 0 Å². The lowest BCUT2D eigenvalue weighted by molar-refractivity contribution is 1.28. The Morgan fingerprint density at radius 1 is 1.67 bits per heavy atom. The molecule has 2 nitrogen and oxygen atoms in total. The Morgan fingerprint density at radius 3 is 3.08 bits per heavy atom. The molecule has 0 unspecified atom stereocenters. The van der Waals surface area contributed by atoms with Gasteiger partial charge in [-0.15, -0.1) is 0 Å². The van der Waals surface area contributed by atoms with Gasteiger partial charge in [-0.2, -0.15) is 0 Å². The molecule has 0 saturated carbocycles. The first-order valence-corrected chi connectivity index (χ1v) is 4.41. The summed E-state index contributed by atoms with van der Waals surface area (Å²) in [5, 5.41) is 0.430. The highest BCUT2D eigenvalue weighted by molar-refractivity contribution is 9.10. The molecule has 0 bridgehead atoms. The van der Waals surface area contributed by atoms with Gasteiger partial charge in [0.2, 0.25) is 0 Å². The summed E-state index contributed by atoms with van der Waals surface area (Å²) in [5.41, 5.74) is 6.03. The molecular formula is C8H6BrClN2. The predicted octanol–water partition coefficient (Wildman–Crippen LogP) is 1.81. The van der Waals surface area contributed by atoms with Crippen molar-refractivity contribution < 1.29 is 0 Å². The van der Waals surface area contributed by atoms with Crippen LogP contribution in [0.3, 0.4) is 0 Å². The number of pyridine rings is 1. The maximum atomic E-state index is 5.66. The maximum absolute atomic E-state index is 5.66. The molecule has 1 aromatic heterocycles. The first kappa shape index (κ1) is 9.53. The lowest BCUT2D eigenvalue weighted by Gasteiger charge is -1.94. The van der Waals surface area contributed by atoms with E-state index in [0.29, 0.717) is 11.7 Å². The Kier molecular flexibility index (Phi) is 3.54. The summed E-state index contributed by atoms with van der Waals surface area (Å²) in [6.45, 7) is 0.340. The van der Waals surface area contributed by atoms with Gasteiger partial charge in [-0.3, -0.25) is 0 Å². The second kappa shape index (κ2) is 4.46. The summed E-state index contributed by atoms with van der Waals surface area (Å²) in [6.07, 6.45) is 1.61. The lowest BCUT2D eigenvalue weighted by atomic mass is 10.3. The molecule has 0 amide bonds. The van der Waals surface area contributed by atoms with E-state index in [-0.39, 0.29) is 0 Å². The number of hydrogen-bond donors (Lipinski definition) is 1. The van der Waals surface area contributed by atoms with Crippen LogP contribution in [-0.4, -0.2) is 11.5 Å². The quantitative estimate of drug-likeness (QED) is 0.559. The largest absolute Gasteiger partial charge is 0.320 e. The van der Waals surface area contributed by atoms with Crippen molar-refractivity contribution in [2.24, 2.45) is 5.73 Å². The molecule has 2 N–H and O–H groups in total. The Morgan fingerprint density at radius 2 is 2.42 bits per heavy atom. The molecule has 0 aliphatic rings. The number of hydrogen-bond acceptors (Lipinski definition) is 2. The van der Waals surface area contributed by atoms with Gasteiger partial charge in [0.15, 0.2) is 0 Å². The van der Waals surface area contributed by atoms with E-state index in [1.54, 1.807) is 12.3 Å². The van der Waals surface area contributed by atoms with Gasteiger partial charge in [0.1, 0.15) is 5.15 Å². The van der Waals surface area contributed by atoms with Gasteiger partial charge in [0, 0.05) is 11.8 Å². The molecule has 0 saturated heterocycles. The van der Waals surface area contributed by atoms with Crippen LogP contribution in [0.15, 0.2) is 16.7 Å². The normalized spacial score (nSPS) is 8.92. The molecule has 0 aliphatic heterocycles. The van der Waals surface area contributed by atoms with E-state index in [0.717, 1.165) is 10.0 Å². The standard InChI is InChI=1S/C8H6BrClN2/c9-7-5-12-8(10)4-6(7)2-1-3-11/h4-5H,3,11H2. The summed E-state index contributed by atoms with van der Waals surface area (Å²) in [5.74, 6) is 5.60. The molecule has 0 spiro atoms. The third-order valence-electron chi connectivity index (χ3n) is 1.15. The van der Waals surface area contributed by atoms with Crippen molar-refractivity contribution in [3.05, 3.63) is 27.5 Å². The Hall–Kier alpha value is -0.560. The average molecular weight is 246 g/mol. The van der Waals surface area contributed by atoms with Crippen molar-refractivity contribution in [2.45, 2.75) is 0 Å². The van der Waals surface area contributed by atoms with Crippen LogP contribution in [0.25, 0.3) is 0 Å². The fourth-order valence-corrected chi connectivity index (χ4v) is 1.13. The zero-order valence-corrected chi connectivity index (χ0v) is 8.48. The van der Waals surface area contributed by atoms with Gasteiger partial charge in [-0.1, -0.05) is 23.4 Å². The topological polar surface area (TPSA) is 38.9 Å². The monoisotopic (exact) mass is 244 g/mol. The number of aromatic nitrogens is 1. The zero-order chi connectivity index (χ0) is 8.97. The Bertz CT molecular complexity index is 341. The van der Waals surface area contributed by atoms with Crippen LogP contribution in [0.5, 0.6) is 0 Å². The van der Waals surface area contributed by atoms with Crippen molar-refractivity contribution in [3.8, 4) is 11.8 Å². The van der Waals surface area contributed by atoms with Gasteiger partial charge in [-0.05, 0) is 22.0 Å². The highest BCUT2D eigenvalue weighted by atomic mass is 79.9. The van der Waals surface area contributed by atoms with E-state index in [1.165, 1.54) is 0 Å². The van der Waals surface area contributed by atoms with Crippen LogP contribution < -0.4 is 5.73 Å². The fraction of sp³-hybridized carbons (Fsp3) is 0.125. The molecule has 0 radical (unpaired) electrons. The van der Waals surface area contributed by atoms with Gasteiger partial charge >= 0.3 is 0 Å². The predicted molar refractivity (Wildman–Crippen MR) is 52.9 cm³/mol. The van der Waals surface area contributed by atoms with Crippen LogP contribution in [0.4, 0.5) is 0 Å². The summed E-state index contributed by atoms with van der Waals surface area (Å²) >= 11 is 8.96. The summed E-state index contributed by atoms with van der Waals surface area (Å²) in [7, 11) is 0. The summed E-state index contributed by atoms with van der Waals surface area (Å²) in [4.78, 5) is 3.87. The molecule has 0 atom stereocenters. The van der Waals surface area contributed by atoms with Gasteiger partial charge < -0.3 is 5.73 Å². The van der Waals surface area contributed by atoms with Crippen molar-refractivity contribution in [2.75, 3.05) is 6.54 Å². The van der Waals surface area contributed by atoms with E-state index >= 15 is 0 Å². The molecule has 0 aliphatic carbocycles. The number of halogens is 2. The van der Waals surface area contributed by atoms with E-state index in [1.807, 2.05) is 0 Å². The Balaban J connectivity index is 3.05. The number of nitrogens with zero attached hydrogens (tertiary/aromatic N) is 1. The average Bonchev–Trinajstić information content (AvgIpc) is 2.07. The van der Waals surface area contributed by atoms with E-state index in [2.05, 4.69) is 32.8 Å². The fourth-order valence-electron chi connectivity index (χ4n) is 0.655. The highest BCUT2D eigenvalue weighted by Gasteiger charge is 1.97. The molecule has 62 valence electrons. The molecule has 4 heteroatoms. The Labute approximate surface area is 84.3 Å². The van der Waals surface area contributed by atoms with Gasteiger partial charge in [-0.25, -0.2) is 4.98 Å². The first-order valence-electron chi connectivity index (χ1n) is 3.24. The van der Waals surface area contributed by atoms with Crippen LogP contribution in [0, 0.1) is 11.8 Å². The van der Waals surface area contributed by atoms with Crippen molar-refractivity contribution in [1.82, 2.24) is 4.98 Å². The zero-order valence-electron chi connectivity index (χ0n) is 6.14. The van der Waals surface area contributed by atoms with Crippen LogP contribution in [0.1, 0.15) is 5.56 Å². The summed E-state index contributed by atoms with van der Waals surface area (Å²) < 4.78 is 0.827. The van der Waals surface area contributed by atoms with Gasteiger partial charge in [0.05, 0.1) is 11.0 Å². The minimum atomic E-state index is 0.340. The second-order valence-corrected chi connectivity index (χ2v) is 3.23. The van der Waals surface area contributed by atoms with E-state index in [4.69, 9.17) is 17.3 Å². The van der Waals surface area contributed by atoms with Crippen LogP contribution in [-0.2, 0) is 0 Å². The lowest BCUT2D eigenvalue weighted by Crippen LogP contribution is -1.93.